The number of nitrogens with one attached hydrogen (secondary N) is 1. The molecule has 1 aliphatic carbocycles. The molecule has 1 aromatic heterocycles. The Morgan fingerprint density at radius 3 is 2.66 bits per heavy atom. The van der Waals surface area contributed by atoms with Crippen LogP contribution in [0.4, 0.5) is 0 Å². The van der Waals surface area contributed by atoms with E-state index in [1.54, 1.807) is 23.5 Å². The minimum Gasteiger partial charge on any atom is -0.490 e. The Morgan fingerprint density at radius 2 is 2.00 bits per heavy atom. The van der Waals surface area contributed by atoms with E-state index < -0.39 is 0 Å². The standard InChI is InChI=1S/C22H27N3O3S/c1-14(20-13-29-15(2)24-20)23-21(26)17-4-3-5-19(12-17)28-18-8-10-25(11-9-18)22(27)16-6-7-16/h3-5,12-14,16,18H,6-11H2,1-2H3,(H,23,26). The molecule has 1 saturated carbocycles. The maximum absolute atomic E-state index is 12.6. The third-order valence-corrected chi connectivity index (χ3v) is 6.30. The molecule has 1 aromatic carbocycles. The molecule has 0 bridgehead atoms. The van der Waals surface area contributed by atoms with Gasteiger partial charge in [-0.25, -0.2) is 4.98 Å². The SMILES string of the molecule is Cc1nc(C(C)NC(=O)c2cccc(OC3CCN(C(=O)C4CC4)CC3)c2)cs1. The van der Waals surface area contributed by atoms with Crippen molar-refractivity contribution in [2.75, 3.05) is 13.1 Å². The van der Waals surface area contributed by atoms with E-state index in [-0.39, 0.29) is 24.0 Å². The first kappa shape index (κ1) is 19.9. The van der Waals surface area contributed by atoms with E-state index in [0.29, 0.717) is 17.2 Å². The maximum atomic E-state index is 12.6. The number of rotatable bonds is 6. The van der Waals surface area contributed by atoms with Gasteiger partial charge < -0.3 is 15.0 Å². The van der Waals surface area contributed by atoms with Crippen molar-refractivity contribution in [2.45, 2.75) is 51.7 Å². The minimum absolute atomic E-state index is 0.0773. The van der Waals surface area contributed by atoms with Crippen molar-refractivity contribution in [3.8, 4) is 5.75 Å². The molecule has 6 nitrogen and oxygen atoms in total. The van der Waals surface area contributed by atoms with Gasteiger partial charge in [0.2, 0.25) is 5.91 Å². The van der Waals surface area contributed by atoms with E-state index >= 15 is 0 Å². The molecule has 1 aliphatic heterocycles. The van der Waals surface area contributed by atoms with Gasteiger partial charge in [-0.3, -0.25) is 9.59 Å². The first-order valence-electron chi connectivity index (χ1n) is 10.3. The van der Waals surface area contributed by atoms with Crippen LogP contribution in [0.25, 0.3) is 0 Å². The van der Waals surface area contributed by atoms with Gasteiger partial charge in [0.15, 0.2) is 0 Å². The first-order valence-corrected chi connectivity index (χ1v) is 11.2. The molecule has 1 N–H and O–H groups in total. The molecule has 2 aliphatic rings. The Hall–Kier alpha value is -2.41. The molecule has 7 heteroatoms. The molecule has 4 rings (SSSR count). The van der Waals surface area contributed by atoms with Gasteiger partial charge in [-0.05, 0) is 44.9 Å². The van der Waals surface area contributed by atoms with Gasteiger partial charge in [0.05, 0.1) is 16.7 Å². The Balaban J connectivity index is 1.31. The quantitative estimate of drug-likeness (QED) is 0.783. The number of aromatic nitrogens is 1. The van der Waals surface area contributed by atoms with Crippen LogP contribution in [0, 0.1) is 12.8 Å². The van der Waals surface area contributed by atoms with Gasteiger partial charge in [0, 0.05) is 42.8 Å². The summed E-state index contributed by atoms with van der Waals surface area (Å²) in [5.41, 5.74) is 1.45. The van der Waals surface area contributed by atoms with Crippen LogP contribution >= 0.6 is 11.3 Å². The Bertz CT molecular complexity index is 885. The molecule has 1 saturated heterocycles. The molecular weight excluding hydrogens is 386 g/mol. The van der Waals surface area contributed by atoms with Crippen molar-refractivity contribution >= 4 is 23.2 Å². The molecule has 0 radical (unpaired) electrons. The van der Waals surface area contributed by atoms with Gasteiger partial charge in [-0.15, -0.1) is 11.3 Å². The molecule has 1 unspecified atom stereocenters. The Labute approximate surface area is 175 Å². The molecule has 154 valence electrons. The van der Waals surface area contributed by atoms with E-state index in [9.17, 15) is 9.59 Å². The third kappa shape index (κ3) is 4.96. The van der Waals surface area contributed by atoms with Crippen molar-refractivity contribution in [3.63, 3.8) is 0 Å². The molecule has 2 amide bonds. The highest BCUT2D eigenvalue weighted by Crippen LogP contribution is 2.32. The summed E-state index contributed by atoms with van der Waals surface area (Å²) in [6, 6.07) is 7.15. The summed E-state index contributed by atoms with van der Waals surface area (Å²) in [4.78, 5) is 31.2. The smallest absolute Gasteiger partial charge is 0.251 e. The number of piperidine rings is 1. The van der Waals surface area contributed by atoms with Crippen molar-refractivity contribution in [1.82, 2.24) is 15.2 Å². The number of carbonyl (C=O) groups is 2. The van der Waals surface area contributed by atoms with Crippen LogP contribution in [0.3, 0.4) is 0 Å². The minimum atomic E-state index is -0.148. The van der Waals surface area contributed by atoms with Crippen LogP contribution in [-0.2, 0) is 4.79 Å². The first-order chi connectivity index (χ1) is 14.0. The second-order valence-electron chi connectivity index (χ2n) is 7.93. The monoisotopic (exact) mass is 413 g/mol. The fraction of sp³-hybridized carbons (Fsp3) is 0.500. The summed E-state index contributed by atoms with van der Waals surface area (Å²) in [6.45, 7) is 5.40. The molecule has 0 spiro atoms. The summed E-state index contributed by atoms with van der Waals surface area (Å²) >= 11 is 1.58. The predicted octanol–water partition coefficient (Wildman–Crippen LogP) is 3.72. The average molecular weight is 414 g/mol. The lowest BCUT2D eigenvalue weighted by Gasteiger charge is -2.32. The number of thiazole rings is 1. The van der Waals surface area contributed by atoms with Gasteiger partial charge in [0.25, 0.3) is 5.91 Å². The van der Waals surface area contributed by atoms with Crippen LogP contribution in [0.5, 0.6) is 5.75 Å². The number of benzene rings is 1. The van der Waals surface area contributed by atoms with E-state index in [0.717, 1.165) is 49.5 Å². The molecule has 1 atom stereocenters. The van der Waals surface area contributed by atoms with Crippen molar-refractivity contribution < 1.29 is 14.3 Å². The number of ether oxygens (including phenoxy) is 1. The average Bonchev–Trinajstić information content (AvgIpc) is 3.48. The second kappa shape index (κ2) is 8.53. The Kier molecular flexibility index (Phi) is 5.85. The summed E-state index contributed by atoms with van der Waals surface area (Å²) in [5, 5.41) is 5.96. The van der Waals surface area contributed by atoms with Crippen LogP contribution in [0.2, 0.25) is 0 Å². The fourth-order valence-corrected chi connectivity index (χ4v) is 4.32. The number of aryl methyl sites for hydroxylation is 1. The number of amides is 2. The maximum Gasteiger partial charge on any atom is 0.251 e. The van der Waals surface area contributed by atoms with E-state index in [1.807, 2.05) is 36.3 Å². The number of carbonyl (C=O) groups excluding carboxylic acids is 2. The number of hydrogen-bond acceptors (Lipinski definition) is 5. The van der Waals surface area contributed by atoms with Crippen LogP contribution in [0.15, 0.2) is 29.6 Å². The molecular formula is C22H27N3O3S. The predicted molar refractivity (Wildman–Crippen MR) is 112 cm³/mol. The fourth-order valence-electron chi connectivity index (χ4n) is 3.62. The van der Waals surface area contributed by atoms with E-state index in [1.165, 1.54) is 0 Å². The van der Waals surface area contributed by atoms with Gasteiger partial charge in [-0.1, -0.05) is 6.07 Å². The molecule has 2 fully saturated rings. The van der Waals surface area contributed by atoms with Gasteiger partial charge in [0.1, 0.15) is 11.9 Å². The van der Waals surface area contributed by atoms with Crippen LogP contribution < -0.4 is 10.1 Å². The highest BCUT2D eigenvalue weighted by atomic mass is 32.1. The molecule has 2 heterocycles. The molecule has 29 heavy (non-hydrogen) atoms. The second-order valence-corrected chi connectivity index (χ2v) is 8.99. The van der Waals surface area contributed by atoms with Crippen molar-refractivity contribution in [2.24, 2.45) is 5.92 Å². The van der Waals surface area contributed by atoms with Crippen molar-refractivity contribution in [1.29, 1.82) is 0 Å². The number of hydrogen-bond donors (Lipinski definition) is 1. The summed E-state index contributed by atoms with van der Waals surface area (Å²) < 4.78 is 6.11. The lowest BCUT2D eigenvalue weighted by molar-refractivity contribution is -0.134. The summed E-state index contributed by atoms with van der Waals surface area (Å²) in [6.07, 6.45) is 3.83. The van der Waals surface area contributed by atoms with E-state index in [4.69, 9.17) is 4.74 Å². The van der Waals surface area contributed by atoms with Gasteiger partial charge >= 0.3 is 0 Å². The normalized spacial score (nSPS) is 18.3. The Morgan fingerprint density at radius 1 is 1.24 bits per heavy atom. The zero-order valence-corrected chi connectivity index (χ0v) is 17.7. The van der Waals surface area contributed by atoms with Crippen molar-refractivity contribution in [3.05, 3.63) is 45.9 Å². The highest BCUT2D eigenvalue weighted by Gasteiger charge is 2.35. The number of nitrogens with zero attached hydrogens (tertiary/aromatic N) is 2. The summed E-state index contributed by atoms with van der Waals surface area (Å²) in [7, 11) is 0. The lowest BCUT2D eigenvalue weighted by Crippen LogP contribution is -2.42. The largest absolute Gasteiger partial charge is 0.490 e. The molecule has 2 aromatic rings. The topological polar surface area (TPSA) is 71.5 Å². The lowest BCUT2D eigenvalue weighted by atomic mass is 10.1. The van der Waals surface area contributed by atoms with Crippen LogP contribution in [0.1, 0.15) is 59.7 Å². The summed E-state index contributed by atoms with van der Waals surface area (Å²) in [5.74, 6) is 1.14. The zero-order valence-electron chi connectivity index (χ0n) is 16.9. The van der Waals surface area contributed by atoms with Gasteiger partial charge in [-0.2, -0.15) is 0 Å². The van der Waals surface area contributed by atoms with E-state index in [2.05, 4.69) is 10.3 Å². The highest BCUT2D eigenvalue weighted by molar-refractivity contribution is 7.09. The third-order valence-electron chi connectivity index (χ3n) is 5.51. The number of likely N-dealkylation sites (tertiary alicyclic amines) is 1. The van der Waals surface area contributed by atoms with Crippen LogP contribution in [-0.4, -0.2) is 40.9 Å². The zero-order chi connectivity index (χ0) is 20.4.